The van der Waals surface area contributed by atoms with Crippen LogP contribution in [0, 0.1) is 13.8 Å². The molecule has 2 rings (SSSR count). The number of para-hydroxylation sites is 1. The van der Waals surface area contributed by atoms with Gasteiger partial charge in [-0.05, 0) is 25.5 Å². The number of hydrogen-bond donors (Lipinski definition) is 2. The third-order valence-corrected chi connectivity index (χ3v) is 4.96. The summed E-state index contributed by atoms with van der Waals surface area (Å²) >= 11 is 1.72. The van der Waals surface area contributed by atoms with Crippen molar-refractivity contribution in [2.45, 2.75) is 33.2 Å². The van der Waals surface area contributed by atoms with E-state index in [1.807, 2.05) is 32.0 Å². The minimum absolute atomic E-state index is 0. The average molecular weight is 474 g/mol. The highest BCUT2D eigenvalue weighted by molar-refractivity contribution is 14.0. The van der Waals surface area contributed by atoms with Crippen molar-refractivity contribution in [3.05, 3.63) is 45.4 Å². The van der Waals surface area contributed by atoms with Gasteiger partial charge in [0.25, 0.3) is 0 Å². The normalized spacial score (nSPS) is 12.3. The third kappa shape index (κ3) is 6.14. The SMILES string of the molecule is CN=C(NCc1sc(C)nc1C)NCC(C)c1ccccc1OC.I. The van der Waals surface area contributed by atoms with Crippen molar-refractivity contribution in [1.29, 1.82) is 0 Å². The van der Waals surface area contributed by atoms with E-state index in [4.69, 9.17) is 4.74 Å². The number of rotatable bonds is 6. The molecule has 0 bridgehead atoms. The van der Waals surface area contributed by atoms with Gasteiger partial charge < -0.3 is 15.4 Å². The van der Waals surface area contributed by atoms with E-state index >= 15 is 0 Å². The summed E-state index contributed by atoms with van der Waals surface area (Å²) < 4.78 is 5.44. The van der Waals surface area contributed by atoms with Crippen LogP contribution in [0.3, 0.4) is 0 Å². The first-order valence-corrected chi connectivity index (χ1v) is 8.87. The van der Waals surface area contributed by atoms with Gasteiger partial charge in [-0.25, -0.2) is 4.98 Å². The lowest BCUT2D eigenvalue weighted by Gasteiger charge is -2.18. The van der Waals surface area contributed by atoms with Crippen LogP contribution < -0.4 is 15.4 Å². The van der Waals surface area contributed by atoms with Crippen LogP contribution in [0.1, 0.15) is 34.0 Å². The van der Waals surface area contributed by atoms with E-state index in [1.165, 1.54) is 10.4 Å². The largest absolute Gasteiger partial charge is 0.496 e. The van der Waals surface area contributed by atoms with Crippen molar-refractivity contribution in [3.8, 4) is 5.75 Å². The molecule has 1 unspecified atom stereocenters. The van der Waals surface area contributed by atoms with Gasteiger partial charge in [-0.15, -0.1) is 35.3 Å². The van der Waals surface area contributed by atoms with Crippen LogP contribution in [-0.4, -0.2) is 31.6 Å². The summed E-state index contributed by atoms with van der Waals surface area (Å²) in [5.74, 6) is 2.03. The maximum atomic E-state index is 5.44. The topological polar surface area (TPSA) is 58.5 Å². The van der Waals surface area contributed by atoms with Crippen molar-refractivity contribution in [2.24, 2.45) is 4.99 Å². The summed E-state index contributed by atoms with van der Waals surface area (Å²) in [6, 6.07) is 8.12. The minimum Gasteiger partial charge on any atom is -0.496 e. The van der Waals surface area contributed by atoms with Gasteiger partial charge in [0.1, 0.15) is 5.75 Å². The molecule has 0 radical (unpaired) electrons. The van der Waals surface area contributed by atoms with Crippen molar-refractivity contribution in [2.75, 3.05) is 20.7 Å². The molecule has 0 amide bonds. The monoisotopic (exact) mass is 474 g/mol. The molecule has 0 saturated heterocycles. The number of benzene rings is 1. The minimum atomic E-state index is 0. The van der Waals surface area contributed by atoms with Crippen LogP contribution in [0.25, 0.3) is 0 Å². The summed E-state index contributed by atoms with van der Waals surface area (Å²) in [4.78, 5) is 9.99. The predicted octanol–water partition coefficient (Wildman–Crippen LogP) is 3.86. The zero-order valence-corrected chi connectivity index (χ0v) is 18.6. The number of aryl methyl sites for hydroxylation is 2. The highest BCUT2D eigenvalue weighted by atomic mass is 127. The Bertz CT molecular complexity index is 702. The molecule has 2 N–H and O–H groups in total. The Morgan fingerprint density at radius 3 is 2.60 bits per heavy atom. The first-order valence-electron chi connectivity index (χ1n) is 8.05. The second-order valence-corrected chi connectivity index (χ2v) is 6.98. The number of aromatic nitrogens is 1. The number of hydrogen-bond acceptors (Lipinski definition) is 4. The lowest BCUT2D eigenvalue weighted by molar-refractivity contribution is 0.406. The van der Waals surface area contributed by atoms with Gasteiger partial charge in [-0.2, -0.15) is 0 Å². The molecule has 1 aromatic heterocycles. The Balaban J connectivity index is 0.00000312. The molecule has 2 aromatic rings. The molecule has 0 aliphatic carbocycles. The molecule has 1 aromatic carbocycles. The maximum Gasteiger partial charge on any atom is 0.191 e. The van der Waals surface area contributed by atoms with Gasteiger partial charge in [-0.1, -0.05) is 25.1 Å². The van der Waals surface area contributed by atoms with Crippen LogP contribution >= 0.6 is 35.3 Å². The lowest BCUT2D eigenvalue weighted by atomic mass is 10.0. The summed E-state index contributed by atoms with van der Waals surface area (Å²) in [6.07, 6.45) is 0. The highest BCUT2D eigenvalue weighted by Crippen LogP contribution is 2.25. The molecular formula is C18H27IN4OS. The van der Waals surface area contributed by atoms with E-state index in [0.29, 0.717) is 5.92 Å². The van der Waals surface area contributed by atoms with Crippen molar-refractivity contribution in [3.63, 3.8) is 0 Å². The molecule has 5 nitrogen and oxygen atoms in total. The summed E-state index contributed by atoms with van der Waals surface area (Å²) in [7, 11) is 3.49. The fourth-order valence-corrected chi connectivity index (χ4v) is 3.43. The molecule has 0 fully saturated rings. The number of nitrogens with one attached hydrogen (secondary N) is 2. The van der Waals surface area contributed by atoms with E-state index in [9.17, 15) is 0 Å². The molecule has 0 spiro atoms. The molecule has 25 heavy (non-hydrogen) atoms. The molecule has 1 heterocycles. The first kappa shape index (κ1) is 21.7. The third-order valence-electron chi connectivity index (χ3n) is 3.89. The smallest absolute Gasteiger partial charge is 0.191 e. The van der Waals surface area contributed by atoms with E-state index in [2.05, 4.69) is 33.6 Å². The zero-order chi connectivity index (χ0) is 17.5. The summed E-state index contributed by atoms with van der Waals surface area (Å²) in [5.41, 5.74) is 2.28. The van der Waals surface area contributed by atoms with Crippen LogP contribution in [0.5, 0.6) is 5.75 Å². The van der Waals surface area contributed by atoms with Crippen LogP contribution in [0.4, 0.5) is 0 Å². The average Bonchev–Trinajstić information content (AvgIpc) is 2.92. The van der Waals surface area contributed by atoms with Gasteiger partial charge in [0, 0.05) is 24.4 Å². The highest BCUT2D eigenvalue weighted by Gasteiger charge is 2.12. The second kappa shape index (κ2) is 10.6. The van der Waals surface area contributed by atoms with Crippen molar-refractivity contribution >= 4 is 41.3 Å². The number of guanidine groups is 1. The lowest BCUT2D eigenvalue weighted by Crippen LogP contribution is -2.38. The van der Waals surface area contributed by atoms with E-state index in [-0.39, 0.29) is 24.0 Å². The fourth-order valence-electron chi connectivity index (χ4n) is 2.56. The van der Waals surface area contributed by atoms with Gasteiger partial charge in [0.2, 0.25) is 0 Å². The van der Waals surface area contributed by atoms with Crippen molar-refractivity contribution < 1.29 is 4.74 Å². The van der Waals surface area contributed by atoms with Crippen LogP contribution in [0.2, 0.25) is 0 Å². The van der Waals surface area contributed by atoms with Gasteiger partial charge in [-0.3, -0.25) is 4.99 Å². The van der Waals surface area contributed by atoms with Crippen LogP contribution in [0.15, 0.2) is 29.3 Å². The number of halogens is 1. The fraction of sp³-hybridized carbons (Fsp3) is 0.444. The molecular weight excluding hydrogens is 447 g/mol. The van der Waals surface area contributed by atoms with E-state index < -0.39 is 0 Å². The van der Waals surface area contributed by atoms with Crippen LogP contribution in [-0.2, 0) is 6.54 Å². The van der Waals surface area contributed by atoms with Crippen molar-refractivity contribution in [1.82, 2.24) is 15.6 Å². The Morgan fingerprint density at radius 1 is 1.28 bits per heavy atom. The quantitative estimate of drug-likeness (QED) is 0.380. The number of nitrogens with zero attached hydrogens (tertiary/aromatic N) is 2. The Hall–Kier alpha value is -1.35. The predicted molar refractivity (Wildman–Crippen MR) is 117 cm³/mol. The standard InChI is InChI=1S/C18H26N4OS.HI/c1-12(15-8-6-7-9-16(15)23-5)10-20-18(19-4)21-11-17-13(2)22-14(3)24-17;/h6-9,12H,10-11H2,1-5H3,(H2,19,20,21);1H. The van der Waals surface area contributed by atoms with E-state index in [1.54, 1.807) is 25.5 Å². The maximum absolute atomic E-state index is 5.44. The summed E-state index contributed by atoms with van der Waals surface area (Å²) in [5, 5.41) is 7.83. The number of methoxy groups -OCH3 is 1. The van der Waals surface area contributed by atoms with Gasteiger partial charge >= 0.3 is 0 Å². The molecule has 0 aliphatic rings. The van der Waals surface area contributed by atoms with Gasteiger partial charge in [0.15, 0.2) is 5.96 Å². The molecule has 0 saturated carbocycles. The van der Waals surface area contributed by atoms with E-state index in [0.717, 1.165) is 35.5 Å². The number of aliphatic imine (C=N–C) groups is 1. The van der Waals surface area contributed by atoms with Gasteiger partial charge in [0.05, 0.1) is 24.4 Å². The molecule has 7 heteroatoms. The molecule has 1 atom stereocenters. The molecule has 138 valence electrons. The Kier molecular flexibility index (Phi) is 9.20. The summed E-state index contributed by atoms with van der Waals surface area (Å²) in [6.45, 7) is 7.76. The second-order valence-electron chi connectivity index (χ2n) is 5.69. The number of ether oxygens (including phenoxy) is 1. The molecule has 0 aliphatic heterocycles. The Morgan fingerprint density at radius 2 is 2.00 bits per heavy atom. The zero-order valence-electron chi connectivity index (χ0n) is 15.4. The Labute approximate surface area is 171 Å². The first-order chi connectivity index (χ1) is 11.5. The number of thiazole rings is 1.